The summed E-state index contributed by atoms with van der Waals surface area (Å²) in [6.07, 6.45) is 4.44. The van der Waals surface area contributed by atoms with Crippen molar-refractivity contribution in [3.05, 3.63) is 199 Å². The van der Waals surface area contributed by atoms with Crippen LogP contribution in [0.4, 0.5) is 0 Å². The van der Waals surface area contributed by atoms with E-state index >= 15 is 0 Å². The van der Waals surface area contributed by atoms with Crippen molar-refractivity contribution in [2.45, 2.75) is 6.92 Å². The van der Waals surface area contributed by atoms with Crippen molar-refractivity contribution in [1.29, 1.82) is 0 Å². The van der Waals surface area contributed by atoms with E-state index in [0.717, 1.165) is 55.3 Å². The van der Waals surface area contributed by atoms with Gasteiger partial charge in [0, 0.05) is 16.3 Å². The minimum atomic E-state index is 0.851. The van der Waals surface area contributed by atoms with Crippen LogP contribution in [0.5, 0.6) is 0 Å². The van der Waals surface area contributed by atoms with Crippen molar-refractivity contribution in [1.82, 2.24) is 0 Å². The van der Waals surface area contributed by atoms with Gasteiger partial charge in [-0.05, 0) is 102 Å². The van der Waals surface area contributed by atoms with Crippen LogP contribution in [-0.2, 0) is 0 Å². The molecule has 0 fully saturated rings. The normalized spacial score (nSPS) is 12.4. The molecular weight excluding hydrogens is 605 g/mol. The zero-order chi connectivity index (χ0) is 33.6. The summed E-state index contributed by atoms with van der Waals surface area (Å²) >= 11 is 0. The lowest BCUT2D eigenvalue weighted by Gasteiger charge is -2.13. The quantitative estimate of drug-likeness (QED) is 0.130. The predicted molar refractivity (Wildman–Crippen MR) is 215 cm³/mol. The molecule has 0 aliphatic rings. The Morgan fingerprint density at radius 1 is 0.500 bits per heavy atom. The van der Waals surface area contributed by atoms with Crippen LogP contribution in [0, 0.1) is 0 Å². The van der Waals surface area contributed by atoms with Gasteiger partial charge in [0.15, 0.2) is 0 Å². The Morgan fingerprint density at radius 2 is 1.04 bits per heavy atom. The molecule has 0 atom stereocenters. The summed E-state index contributed by atoms with van der Waals surface area (Å²) in [7, 11) is 0. The molecule has 0 amide bonds. The van der Waals surface area contributed by atoms with Gasteiger partial charge in [0.25, 0.3) is 0 Å². The molecule has 0 saturated heterocycles. The van der Waals surface area contributed by atoms with Crippen molar-refractivity contribution in [2.75, 3.05) is 0 Å². The number of furan rings is 1. The van der Waals surface area contributed by atoms with E-state index in [1.807, 2.05) is 6.07 Å². The maximum absolute atomic E-state index is 6.71. The number of allylic oxidation sites excluding steroid dienone is 5. The molecule has 0 unspecified atom stereocenters. The molecule has 1 aromatic heterocycles. The number of benzene rings is 8. The smallest absolute Gasteiger partial charge is 0.143 e. The fourth-order valence-corrected chi connectivity index (χ4v) is 7.52. The highest BCUT2D eigenvalue weighted by atomic mass is 16.3. The number of rotatable bonds is 6. The number of hydrogen-bond acceptors (Lipinski definition) is 1. The Balaban J connectivity index is 1.24. The Morgan fingerprint density at radius 3 is 1.70 bits per heavy atom. The van der Waals surface area contributed by atoms with Gasteiger partial charge < -0.3 is 4.42 Å². The van der Waals surface area contributed by atoms with E-state index in [-0.39, 0.29) is 0 Å². The number of hydrogen-bond donors (Lipinski definition) is 0. The molecule has 1 heteroatoms. The summed E-state index contributed by atoms with van der Waals surface area (Å²) in [6.45, 7) is 6.79. The summed E-state index contributed by atoms with van der Waals surface area (Å²) < 4.78 is 6.71. The van der Waals surface area contributed by atoms with Gasteiger partial charge in [0.2, 0.25) is 0 Å². The summed E-state index contributed by atoms with van der Waals surface area (Å²) in [6, 6.07) is 58.2. The summed E-state index contributed by atoms with van der Waals surface area (Å²) in [5.74, 6) is 0. The highest BCUT2D eigenvalue weighted by Crippen LogP contribution is 2.43. The molecule has 9 rings (SSSR count). The van der Waals surface area contributed by atoms with Gasteiger partial charge in [-0.3, -0.25) is 0 Å². The lowest BCUT2D eigenvalue weighted by molar-refractivity contribution is 0.668. The zero-order valence-electron chi connectivity index (χ0n) is 27.9. The third-order valence-corrected chi connectivity index (χ3v) is 9.97. The number of fused-ring (bicyclic) bond motifs is 9. The van der Waals surface area contributed by atoms with Gasteiger partial charge in [-0.15, -0.1) is 0 Å². The van der Waals surface area contributed by atoms with Crippen LogP contribution in [0.3, 0.4) is 0 Å². The first kappa shape index (κ1) is 29.7. The molecule has 0 N–H and O–H groups in total. The van der Waals surface area contributed by atoms with Crippen molar-refractivity contribution in [2.24, 2.45) is 0 Å². The molecule has 0 aliphatic carbocycles. The average Bonchev–Trinajstić information content (AvgIpc) is 3.58. The topological polar surface area (TPSA) is 13.1 Å². The van der Waals surface area contributed by atoms with Crippen molar-refractivity contribution < 1.29 is 4.42 Å². The van der Waals surface area contributed by atoms with Crippen molar-refractivity contribution >= 4 is 71.0 Å². The van der Waals surface area contributed by atoms with Gasteiger partial charge in [-0.1, -0.05) is 158 Å². The molecule has 8 aromatic carbocycles. The summed E-state index contributed by atoms with van der Waals surface area (Å²) in [5, 5.41) is 9.81. The molecule has 0 saturated carbocycles. The molecule has 236 valence electrons. The van der Waals surface area contributed by atoms with Crippen LogP contribution in [0.15, 0.2) is 187 Å². The monoisotopic (exact) mass is 638 g/mol. The van der Waals surface area contributed by atoms with E-state index < -0.39 is 0 Å². The van der Waals surface area contributed by atoms with Gasteiger partial charge in [-0.2, -0.15) is 0 Å². The summed E-state index contributed by atoms with van der Waals surface area (Å²) in [4.78, 5) is 0. The van der Waals surface area contributed by atoms with Crippen LogP contribution < -0.4 is 0 Å². The zero-order valence-corrected chi connectivity index (χ0v) is 27.9. The van der Waals surface area contributed by atoms with E-state index in [1.165, 1.54) is 43.5 Å². The summed E-state index contributed by atoms with van der Waals surface area (Å²) in [5.41, 5.74) is 10.5. The molecule has 0 bridgehead atoms. The second-order valence-electron chi connectivity index (χ2n) is 13.0. The standard InChI is InChI=1S/C49H34O/c1-32(34-15-5-3-6-16-34)29-37(35-17-7-4-8-18-35)30-33(2)38-27-28-39(48-45-23-13-14-24-47(45)50-49(38)48)36-25-26-44-42-21-10-9-19-40(42)41-20-11-12-22-43(41)46(44)31-36/h3-31H,2H2,1H3/b32-29+,37-30+. The predicted octanol–water partition coefficient (Wildman–Crippen LogP) is 13.9. The average molecular weight is 639 g/mol. The number of para-hydroxylation sites is 1. The molecule has 1 heterocycles. The van der Waals surface area contributed by atoms with Crippen molar-refractivity contribution in [3.8, 4) is 11.1 Å². The lowest BCUT2D eigenvalue weighted by Crippen LogP contribution is -1.89. The maximum Gasteiger partial charge on any atom is 0.143 e. The third kappa shape index (κ3) is 5.03. The Hall–Kier alpha value is -6.44. The minimum absolute atomic E-state index is 0.851. The first-order valence-corrected chi connectivity index (χ1v) is 17.1. The Bertz CT molecular complexity index is 2780. The van der Waals surface area contributed by atoms with Crippen LogP contribution in [-0.4, -0.2) is 0 Å². The fourth-order valence-electron chi connectivity index (χ4n) is 7.52. The van der Waals surface area contributed by atoms with E-state index in [9.17, 15) is 0 Å². The lowest BCUT2D eigenvalue weighted by atomic mass is 9.90. The molecule has 0 aliphatic heterocycles. The maximum atomic E-state index is 6.71. The Labute approximate surface area is 291 Å². The molecule has 1 nitrogen and oxygen atoms in total. The molecule has 0 radical (unpaired) electrons. The molecule has 9 aromatic rings. The molecule has 50 heavy (non-hydrogen) atoms. The van der Waals surface area contributed by atoms with E-state index in [0.29, 0.717) is 0 Å². The van der Waals surface area contributed by atoms with Gasteiger partial charge >= 0.3 is 0 Å². The molecular formula is C49H34O. The van der Waals surface area contributed by atoms with Crippen molar-refractivity contribution in [3.63, 3.8) is 0 Å². The van der Waals surface area contributed by atoms with Gasteiger partial charge in [0.1, 0.15) is 11.2 Å². The first-order chi connectivity index (χ1) is 24.6. The Kier molecular flexibility index (Phi) is 7.25. The van der Waals surface area contributed by atoms with E-state index in [4.69, 9.17) is 4.42 Å². The minimum Gasteiger partial charge on any atom is -0.455 e. The fraction of sp³-hybridized carbons (Fsp3) is 0.0204. The SMILES string of the molecule is C=C(/C=C(\C=C(/C)c1ccccc1)c1ccccc1)c1ccc(-c2ccc3c4ccccc4c4ccccc4c3c2)c2c1oc1ccccc12. The second-order valence-corrected chi connectivity index (χ2v) is 13.0. The van der Waals surface area contributed by atoms with E-state index in [2.05, 4.69) is 183 Å². The van der Waals surface area contributed by atoms with Gasteiger partial charge in [0.05, 0.1) is 0 Å². The van der Waals surface area contributed by atoms with Crippen LogP contribution in [0.1, 0.15) is 23.6 Å². The molecule has 0 spiro atoms. The highest BCUT2D eigenvalue weighted by Gasteiger charge is 2.18. The largest absolute Gasteiger partial charge is 0.455 e. The second kappa shape index (κ2) is 12.2. The first-order valence-electron chi connectivity index (χ1n) is 17.1. The van der Waals surface area contributed by atoms with Crippen LogP contribution in [0.25, 0.3) is 82.1 Å². The van der Waals surface area contributed by atoms with Crippen LogP contribution in [0.2, 0.25) is 0 Å². The van der Waals surface area contributed by atoms with Crippen LogP contribution >= 0.6 is 0 Å². The van der Waals surface area contributed by atoms with E-state index in [1.54, 1.807) is 0 Å². The van der Waals surface area contributed by atoms with Gasteiger partial charge in [-0.25, -0.2) is 0 Å². The third-order valence-electron chi connectivity index (χ3n) is 9.97. The highest BCUT2D eigenvalue weighted by molar-refractivity contribution is 6.26.